The fraction of sp³-hybridized carbons (Fsp3) is 0.0816. The highest BCUT2D eigenvalue weighted by atomic mass is 16.5. The first-order valence-corrected chi connectivity index (χ1v) is 36.8. The van der Waals surface area contributed by atoms with Gasteiger partial charge < -0.3 is 23.8 Å². The van der Waals surface area contributed by atoms with E-state index in [1.807, 2.05) is 0 Å². The number of para-hydroxylation sites is 3. The summed E-state index contributed by atoms with van der Waals surface area (Å²) in [4.78, 5) is 5.22. The molecule has 0 radical (unpaired) electrons. The van der Waals surface area contributed by atoms with Crippen molar-refractivity contribution in [3.05, 3.63) is 345 Å². The highest BCUT2D eigenvalue weighted by Crippen LogP contribution is 2.54. The highest BCUT2D eigenvalue weighted by molar-refractivity contribution is 7.02. The van der Waals surface area contributed by atoms with Crippen LogP contribution < -0.4 is 52.1 Å². The number of hydrogen-bond acceptors (Lipinski definition) is 4. The Kier molecular flexibility index (Phi) is 14.2. The quantitative estimate of drug-likeness (QED) is 0.135. The fourth-order valence-corrected chi connectivity index (χ4v) is 17.3. The second-order valence-corrected chi connectivity index (χ2v) is 30.7. The van der Waals surface area contributed by atoms with Crippen LogP contribution in [0.3, 0.4) is 0 Å². The lowest BCUT2D eigenvalue weighted by Gasteiger charge is -2.45. The van der Waals surface area contributed by atoms with Crippen LogP contribution >= 0.6 is 0 Å². The zero-order valence-corrected chi connectivity index (χ0v) is 59.6. The third-order valence-electron chi connectivity index (χ3n) is 22.4. The van der Waals surface area contributed by atoms with E-state index in [1.165, 1.54) is 55.1 Å². The second-order valence-electron chi connectivity index (χ2n) is 30.7. The van der Waals surface area contributed by atoms with Gasteiger partial charge in [-0.1, -0.05) is 302 Å². The highest BCUT2D eigenvalue weighted by Gasteiger charge is 2.49. The molecule has 0 saturated carbocycles. The Bertz CT molecular complexity index is 5970. The van der Waals surface area contributed by atoms with Crippen molar-refractivity contribution in [3.8, 4) is 95.4 Å². The lowest BCUT2D eigenvalue weighted by atomic mass is 9.31. The van der Waals surface area contributed by atoms with Gasteiger partial charge in [-0.05, 0) is 166 Å². The van der Waals surface area contributed by atoms with Crippen LogP contribution in [0.15, 0.2) is 334 Å². The van der Waals surface area contributed by atoms with Crippen LogP contribution in [0.5, 0.6) is 23.0 Å². The summed E-state index contributed by atoms with van der Waals surface area (Å²) in [7, 11) is 0. The lowest BCUT2D eigenvalue weighted by molar-refractivity contribution is 0.482. The first kappa shape index (κ1) is 62.2. The molecule has 5 nitrogen and oxygen atoms in total. The summed E-state index contributed by atoms with van der Waals surface area (Å²) in [5.41, 5.74) is 32.3. The number of hydrogen-bond donors (Lipinski definition) is 0. The maximum Gasteiger partial charge on any atom is 0.256 e. The van der Waals surface area contributed by atoms with E-state index in [2.05, 4.69) is 390 Å². The Labute approximate surface area is 614 Å². The van der Waals surface area contributed by atoms with Crippen molar-refractivity contribution in [3.63, 3.8) is 0 Å². The first-order valence-electron chi connectivity index (χ1n) is 36.8. The summed E-state index contributed by atoms with van der Waals surface area (Å²) in [6.45, 7) is 13.4. The minimum atomic E-state index is -0.301. The molecular formula is C98H73B2N3O2. The Morgan fingerprint density at radius 2 is 0.648 bits per heavy atom. The lowest BCUT2D eigenvalue weighted by Crippen LogP contribution is -2.63. The van der Waals surface area contributed by atoms with Crippen molar-refractivity contribution in [1.29, 1.82) is 0 Å². The van der Waals surface area contributed by atoms with Gasteiger partial charge in [-0.15, -0.1) is 0 Å². The van der Waals surface area contributed by atoms with Crippen LogP contribution in [0, 0.1) is 0 Å². The second kappa shape index (κ2) is 24.0. The standard InChI is InChI=1S/C98H73B2N3O2/c1-97(2,3)70-56-88-94-91(57-70)104-89-46-26-25-45-80(89)100(94)81-60-82-90(61-86(81)103(88)96-75(66-37-21-11-22-38-66)43-28-44-76(96)67-39-23-12-24-40-67)105-92-58-71(98(4,5)6)55-87-93(92)99(82)79-50-49-72(59-85(79)102(87)95-73(64-33-17-9-18-34-64)41-27-42-74(95)65-35-19-10-20-36-65)101-83-51-47-68(62-29-13-7-14-30-62)53-77(83)78-54-69(48-52-84(78)101)63-31-15-8-16-32-63/h7-61H,1-6H3. The summed E-state index contributed by atoms with van der Waals surface area (Å²) >= 11 is 0. The van der Waals surface area contributed by atoms with Crippen LogP contribution in [-0.2, 0) is 10.8 Å². The van der Waals surface area contributed by atoms with Gasteiger partial charge in [0.15, 0.2) is 0 Å². The molecule has 105 heavy (non-hydrogen) atoms. The predicted octanol–water partition coefficient (Wildman–Crippen LogP) is 22.2. The SMILES string of the molecule is CC(C)(C)c1cc2c3c(c1)N(c1c(-c4ccccc4)cccc1-c1ccccc1)c1cc(-n4c5ccc(-c6ccccc6)cc5c5cc(-c6ccccc6)ccc54)ccc1B3c1cc3c(cc1O2)N(c1c(-c2ccccc2)cccc1-c1ccccc1)c1cc(C(C)(C)C)cc2c1B3c1ccccc1O2. The van der Waals surface area contributed by atoms with E-state index in [9.17, 15) is 0 Å². The maximum absolute atomic E-state index is 7.99. The number of nitrogens with zero attached hydrogens (tertiary/aromatic N) is 3. The van der Waals surface area contributed by atoms with E-state index >= 15 is 0 Å². The number of ether oxygens (including phenoxy) is 2. The third-order valence-corrected chi connectivity index (χ3v) is 22.4. The van der Waals surface area contributed by atoms with Crippen molar-refractivity contribution >= 4 is 102 Å². The molecule has 15 aromatic carbocycles. The Morgan fingerprint density at radius 1 is 0.257 bits per heavy atom. The van der Waals surface area contributed by atoms with Crippen molar-refractivity contribution in [2.45, 2.75) is 52.4 Å². The monoisotopic (exact) mass is 1350 g/mol. The largest absolute Gasteiger partial charge is 0.458 e. The molecule has 0 bridgehead atoms. The third kappa shape index (κ3) is 10.1. The van der Waals surface area contributed by atoms with Gasteiger partial charge in [-0.25, -0.2) is 0 Å². The molecule has 0 amide bonds. The molecule has 0 N–H and O–H groups in total. The molecule has 7 heteroatoms. The van der Waals surface area contributed by atoms with Crippen molar-refractivity contribution in [1.82, 2.24) is 4.57 Å². The number of benzene rings is 15. The molecule has 20 rings (SSSR count). The molecule has 1 aromatic heterocycles. The molecule has 0 unspecified atom stereocenters. The number of rotatable bonds is 9. The first-order chi connectivity index (χ1) is 51.4. The molecule has 0 atom stereocenters. The zero-order valence-electron chi connectivity index (χ0n) is 59.6. The molecule has 498 valence electrons. The fourth-order valence-electron chi connectivity index (χ4n) is 17.3. The number of anilines is 6. The van der Waals surface area contributed by atoms with Gasteiger partial charge in [0.2, 0.25) is 0 Å². The number of fused-ring (bicyclic) bond motifs is 11. The normalized spacial score (nSPS) is 13.1. The van der Waals surface area contributed by atoms with E-state index in [1.54, 1.807) is 0 Å². The van der Waals surface area contributed by atoms with Gasteiger partial charge >= 0.3 is 0 Å². The number of aromatic nitrogens is 1. The van der Waals surface area contributed by atoms with Gasteiger partial charge in [-0.3, -0.25) is 0 Å². The summed E-state index contributed by atoms with van der Waals surface area (Å²) in [6, 6.07) is 124. The van der Waals surface area contributed by atoms with Crippen molar-refractivity contribution < 1.29 is 9.47 Å². The molecular weight excluding hydrogens is 1270 g/mol. The minimum absolute atomic E-state index is 0.216. The van der Waals surface area contributed by atoms with Gasteiger partial charge in [0.25, 0.3) is 13.4 Å². The average molecular weight is 1350 g/mol. The topological polar surface area (TPSA) is 29.9 Å². The van der Waals surface area contributed by atoms with Gasteiger partial charge in [0, 0.05) is 67.5 Å². The van der Waals surface area contributed by atoms with E-state index in [-0.39, 0.29) is 24.3 Å². The van der Waals surface area contributed by atoms with E-state index in [0.29, 0.717) is 0 Å². The molecule has 0 fully saturated rings. The van der Waals surface area contributed by atoms with Gasteiger partial charge in [0.05, 0.1) is 22.4 Å². The summed E-state index contributed by atoms with van der Waals surface area (Å²) in [5.74, 6) is 3.42. The molecule has 0 aliphatic carbocycles. The molecule has 5 heterocycles. The Balaban J connectivity index is 0.901. The molecule has 0 saturated heterocycles. The van der Waals surface area contributed by atoms with E-state index < -0.39 is 0 Å². The molecule has 4 aliphatic heterocycles. The average Bonchev–Trinajstić information content (AvgIpc) is 0.990. The predicted molar refractivity (Wildman–Crippen MR) is 443 cm³/mol. The van der Waals surface area contributed by atoms with Crippen molar-refractivity contribution in [2.75, 3.05) is 9.80 Å². The summed E-state index contributed by atoms with van der Waals surface area (Å²) in [5, 5.41) is 2.38. The molecule has 0 spiro atoms. The summed E-state index contributed by atoms with van der Waals surface area (Å²) < 4.78 is 17.8. The minimum Gasteiger partial charge on any atom is -0.458 e. The Hall–Kier alpha value is -12.6. The maximum atomic E-state index is 7.99. The van der Waals surface area contributed by atoms with Crippen LogP contribution in [-0.4, -0.2) is 18.0 Å². The van der Waals surface area contributed by atoms with Crippen LogP contribution in [0.1, 0.15) is 52.7 Å². The molecule has 4 aliphatic rings. The Morgan fingerprint density at radius 3 is 1.09 bits per heavy atom. The van der Waals surface area contributed by atoms with Gasteiger partial charge in [0.1, 0.15) is 23.0 Å². The smallest absolute Gasteiger partial charge is 0.256 e. The zero-order chi connectivity index (χ0) is 70.4. The van der Waals surface area contributed by atoms with E-state index in [4.69, 9.17) is 9.47 Å². The van der Waals surface area contributed by atoms with Crippen LogP contribution in [0.2, 0.25) is 0 Å². The van der Waals surface area contributed by atoms with Gasteiger partial charge in [-0.2, -0.15) is 0 Å². The van der Waals surface area contributed by atoms with Crippen LogP contribution in [0.25, 0.3) is 94.3 Å². The van der Waals surface area contributed by atoms with Crippen molar-refractivity contribution in [2.24, 2.45) is 0 Å². The summed E-state index contributed by atoms with van der Waals surface area (Å²) in [6.07, 6.45) is 0. The van der Waals surface area contributed by atoms with E-state index in [0.717, 1.165) is 140 Å². The van der Waals surface area contributed by atoms with Crippen LogP contribution in [0.4, 0.5) is 34.1 Å². The molecule has 16 aromatic rings.